The van der Waals surface area contributed by atoms with Crippen molar-refractivity contribution >= 4 is 64.0 Å². The van der Waals surface area contributed by atoms with Crippen LogP contribution in [0.2, 0.25) is 34.1 Å². The number of allylic oxidation sites excluding steroid dienone is 1. The van der Waals surface area contributed by atoms with Crippen LogP contribution in [0.1, 0.15) is 86.2 Å². The van der Waals surface area contributed by atoms with E-state index in [1.807, 2.05) is 74.5 Å². The van der Waals surface area contributed by atoms with E-state index in [0.717, 1.165) is 34.8 Å². The standard InChI is InChI=1S/C40H47BN2O5S2.6CH3.2Sn/c1-5-7-8-9-10-17-23-36(18-6-2)48-41-42(49(44,45)37-28-24-32(3)25-29-37)39(34-19-13-11-14-20-34)40(35-21-15-12-16-22-35)43(41)50(46,47)38-30-26-33(4)27-31-38;;;;;;;;/h11-16,18-22,24-31,36,39-40H,2,5,7-10,17,23H2,1,3-4H3;6*1H3;;/t36-,39+,40+;;;;;;;;/m1......../s1. The summed E-state index contributed by atoms with van der Waals surface area (Å²) in [6, 6.07) is 30.6. The van der Waals surface area contributed by atoms with Crippen LogP contribution in [0.25, 0.3) is 0 Å². The van der Waals surface area contributed by atoms with Crippen LogP contribution in [-0.4, -0.2) is 75.3 Å². The van der Waals surface area contributed by atoms with Crippen LogP contribution in [0.3, 0.4) is 0 Å². The molecule has 0 saturated carbocycles. The minimum absolute atomic E-state index is 0.0884. The van der Waals surface area contributed by atoms with Crippen molar-refractivity contribution in [3.8, 4) is 0 Å². The molecule has 312 valence electrons. The van der Waals surface area contributed by atoms with Gasteiger partial charge in [-0.3, -0.25) is 0 Å². The Labute approximate surface area is 359 Å². The van der Waals surface area contributed by atoms with Gasteiger partial charge in [0, 0.05) is 0 Å². The quantitative estimate of drug-likeness (QED) is 0.0690. The molecule has 0 amide bonds. The van der Waals surface area contributed by atoms with Gasteiger partial charge in [0.25, 0.3) is 0 Å². The van der Waals surface area contributed by atoms with Gasteiger partial charge in [-0.25, -0.2) is 0 Å². The predicted molar refractivity (Wildman–Crippen MR) is 247 cm³/mol. The summed E-state index contributed by atoms with van der Waals surface area (Å²) in [6.07, 6.45) is 9.05. The molecular formula is C46H65BN2O5S2Sn2. The van der Waals surface area contributed by atoms with Gasteiger partial charge >= 0.3 is 363 Å². The molecule has 5 rings (SSSR count). The number of hydrogen-bond acceptors (Lipinski definition) is 5. The Balaban J connectivity index is 1.82. The van der Waals surface area contributed by atoms with Crippen molar-refractivity contribution in [2.75, 3.05) is 0 Å². The zero-order valence-electron chi connectivity index (χ0n) is 36.2. The number of unbranched alkanes of at least 4 members (excludes halogenated alkanes) is 5. The van der Waals surface area contributed by atoms with Crippen LogP contribution in [0.5, 0.6) is 0 Å². The Hall–Kier alpha value is -1.94. The van der Waals surface area contributed by atoms with Gasteiger partial charge < -0.3 is 0 Å². The monoisotopic (exact) mass is 1040 g/mol. The summed E-state index contributed by atoms with van der Waals surface area (Å²) in [4.78, 5) is 14.9. The van der Waals surface area contributed by atoms with E-state index in [0.29, 0.717) is 17.5 Å². The van der Waals surface area contributed by atoms with Crippen LogP contribution in [0.15, 0.2) is 129 Å². The Morgan fingerprint density at radius 2 is 1.05 bits per heavy atom. The maximum atomic E-state index is 15.5. The van der Waals surface area contributed by atoms with Crippen molar-refractivity contribution < 1.29 is 21.5 Å². The second-order valence-corrected chi connectivity index (χ2v) is 52.2. The second kappa shape index (κ2) is 20.3. The summed E-state index contributed by atoms with van der Waals surface area (Å²) in [5.41, 5.74) is 3.21. The first-order valence-corrected chi connectivity index (χ1v) is 44.5. The van der Waals surface area contributed by atoms with Crippen molar-refractivity contribution in [2.24, 2.45) is 0 Å². The van der Waals surface area contributed by atoms with Gasteiger partial charge in [0.2, 0.25) is 0 Å². The second-order valence-electron chi connectivity index (χ2n) is 18.2. The van der Waals surface area contributed by atoms with E-state index >= 15 is 16.8 Å². The number of rotatable bonds is 19. The van der Waals surface area contributed by atoms with E-state index in [2.05, 4.69) is 42.6 Å². The fourth-order valence-electron chi connectivity index (χ4n) is 7.79. The maximum absolute atomic E-state index is 15.5. The van der Waals surface area contributed by atoms with Gasteiger partial charge in [-0.15, -0.1) is 0 Å². The van der Waals surface area contributed by atoms with Crippen LogP contribution >= 0.6 is 0 Å². The van der Waals surface area contributed by atoms with Crippen LogP contribution in [0.4, 0.5) is 0 Å². The van der Waals surface area contributed by atoms with Crippen molar-refractivity contribution in [3.05, 3.63) is 141 Å². The molecule has 3 atom stereocenters. The zero-order chi connectivity index (χ0) is 42.3. The number of hydrogen-bond donors (Lipinski definition) is 0. The van der Waals surface area contributed by atoms with E-state index in [-0.39, 0.29) is 9.79 Å². The van der Waals surface area contributed by atoms with Crippen molar-refractivity contribution in [1.82, 2.24) is 8.43 Å². The summed E-state index contributed by atoms with van der Waals surface area (Å²) < 4.78 is 74.7. The fourth-order valence-corrected chi connectivity index (χ4v) is 38.5. The minimum atomic E-state index is -4.39. The molecule has 0 bridgehead atoms. The van der Waals surface area contributed by atoms with Crippen LogP contribution in [-0.2, 0) is 24.7 Å². The summed E-state index contributed by atoms with van der Waals surface area (Å²) in [7, 11) is -10.3. The molecule has 1 aliphatic rings. The third-order valence-electron chi connectivity index (χ3n) is 11.0. The summed E-state index contributed by atoms with van der Waals surface area (Å²) in [5, 5.41) is 0. The molecule has 0 aliphatic carbocycles. The normalized spacial score (nSPS) is 18.2. The topological polar surface area (TPSA) is 84.0 Å². The first-order chi connectivity index (χ1) is 27.3. The number of nitrogens with zero attached hydrogens (tertiary/aromatic N) is 2. The summed E-state index contributed by atoms with van der Waals surface area (Å²) in [6.45, 7) is 6.06. The summed E-state index contributed by atoms with van der Waals surface area (Å²) >= 11 is -5.13. The Bertz CT molecular complexity index is 2050. The Morgan fingerprint density at radius 1 is 0.638 bits per heavy atom. The molecule has 4 aromatic rings. The molecule has 0 aromatic heterocycles. The molecule has 1 saturated heterocycles. The molecule has 12 heteroatoms. The third-order valence-corrected chi connectivity index (χ3v) is 28.1. The fraction of sp³-hybridized carbons (Fsp3) is 0.435. The molecule has 0 N–H and O–H groups in total. The molecule has 1 aliphatic heterocycles. The predicted octanol–water partition coefficient (Wildman–Crippen LogP) is 11.7. The first kappa shape index (κ1) is 47.1. The molecule has 0 unspecified atom stereocenters. The molecular weight excluding hydrogens is 973 g/mol. The molecule has 1 fully saturated rings. The summed E-state index contributed by atoms with van der Waals surface area (Å²) in [5.74, 6) is 0. The number of sulfonamides is 2. The van der Waals surface area contributed by atoms with Crippen molar-refractivity contribution in [2.45, 2.75) is 128 Å². The Morgan fingerprint density at radius 3 is 1.45 bits per heavy atom. The third kappa shape index (κ3) is 11.9. The first-order valence-electron chi connectivity index (χ1n) is 21.0. The average Bonchev–Trinajstić information content (AvgIpc) is 3.52. The number of benzene rings is 4. The molecule has 1 heterocycles. The van der Waals surface area contributed by atoms with E-state index in [4.69, 9.17) is 4.65 Å². The van der Waals surface area contributed by atoms with Gasteiger partial charge in [0.15, 0.2) is 0 Å². The molecule has 0 radical (unpaired) electrons. The van der Waals surface area contributed by atoms with Gasteiger partial charge in [0.1, 0.15) is 0 Å². The van der Waals surface area contributed by atoms with Gasteiger partial charge in [-0.2, -0.15) is 0 Å². The molecule has 58 heavy (non-hydrogen) atoms. The van der Waals surface area contributed by atoms with Crippen molar-refractivity contribution in [3.63, 3.8) is 0 Å². The average molecular weight is 1040 g/mol. The Kier molecular flexibility index (Phi) is 16.5. The van der Waals surface area contributed by atoms with Gasteiger partial charge in [-0.1, -0.05) is 0 Å². The molecule has 7 nitrogen and oxygen atoms in total. The van der Waals surface area contributed by atoms with Gasteiger partial charge in [-0.05, 0) is 0 Å². The zero-order valence-corrected chi connectivity index (χ0v) is 43.5. The van der Waals surface area contributed by atoms with Crippen molar-refractivity contribution in [1.29, 1.82) is 0 Å². The van der Waals surface area contributed by atoms with E-state index in [9.17, 15) is 0 Å². The van der Waals surface area contributed by atoms with E-state index < -0.39 is 82.2 Å². The van der Waals surface area contributed by atoms with Crippen LogP contribution in [0, 0.1) is 13.8 Å². The van der Waals surface area contributed by atoms with E-state index in [1.54, 1.807) is 48.5 Å². The molecule has 0 spiro atoms. The van der Waals surface area contributed by atoms with Gasteiger partial charge in [0.05, 0.1) is 0 Å². The van der Waals surface area contributed by atoms with E-state index in [1.165, 1.54) is 31.3 Å². The van der Waals surface area contributed by atoms with Crippen LogP contribution < -0.4 is 0 Å². The molecule has 4 aromatic carbocycles. The number of aryl methyl sites for hydroxylation is 2. The SMILES string of the molecule is CCCCCCCC[C@@H](/C=[C](/[CH2][Sn]([CH3])([CH3])[CH3])[Sn]([CH3])([CH3])[CH3])OB1N(S(=O)(=O)c2ccc(C)cc2)[C@@H](c2ccccc2)[C@H](c2ccccc2)N1S(=O)(=O)c1ccc(C)cc1.